The molecule has 0 aromatic carbocycles. The molecule has 2 fully saturated rings. The molecule has 0 aliphatic heterocycles. The Kier molecular flexibility index (Phi) is 9.57. The van der Waals surface area contributed by atoms with Crippen LogP contribution < -0.4 is 0 Å². The van der Waals surface area contributed by atoms with E-state index >= 15 is 0 Å². The monoisotopic (exact) mass is 225 g/mol. The maximum absolute atomic E-state index is 8.19. The van der Waals surface area contributed by atoms with Gasteiger partial charge in [-0.2, -0.15) is 5.26 Å². The molecule has 0 aromatic rings. The molecule has 2 saturated carbocycles. The van der Waals surface area contributed by atoms with Gasteiger partial charge in [-0.25, -0.2) is 0 Å². The fourth-order valence-corrected chi connectivity index (χ4v) is 0.944. The summed E-state index contributed by atoms with van der Waals surface area (Å²) in [5, 5.41) is 8.19. The first-order chi connectivity index (χ1) is 6.43. The van der Waals surface area contributed by atoms with Crippen molar-refractivity contribution in [1.29, 1.82) is 5.26 Å². The normalized spacial score (nSPS) is 20.5. The van der Waals surface area contributed by atoms with Crippen LogP contribution in [0.4, 0.5) is 0 Å². The van der Waals surface area contributed by atoms with Crippen LogP contribution in [-0.4, -0.2) is 0 Å². The molecule has 70 valence electrons. The first kappa shape index (κ1) is 14.0. The maximum Gasteiger partial charge on any atom is 2.00 e. The van der Waals surface area contributed by atoms with Crippen LogP contribution in [-0.2, 0) is 17.1 Å². The number of nitriles is 1. The van der Waals surface area contributed by atoms with Crippen molar-refractivity contribution < 1.29 is 17.1 Å². The van der Waals surface area contributed by atoms with Gasteiger partial charge in [0.25, 0.3) is 0 Å². The van der Waals surface area contributed by atoms with E-state index in [-0.39, 0.29) is 17.1 Å². The molecular formula is C12H11FeN+2. The van der Waals surface area contributed by atoms with E-state index in [2.05, 4.69) is 6.07 Å². The van der Waals surface area contributed by atoms with Crippen molar-refractivity contribution in [2.24, 2.45) is 0 Å². The van der Waals surface area contributed by atoms with E-state index in [4.69, 9.17) is 5.26 Å². The molecule has 0 spiro atoms. The number of hydrogen-bond donors (Lipinski definition) is 0. The summed E-state index contributed by atoms with van der Waals surface area (Å²) in [5.74, 6) is 1.10. The minimum Gasteiger partial charge on any atom is -0.198 e. The largest absolute Gasteiger partial charge is 2.00 e. The Hall–Kier alpha value is 0.00948. The predicted octanol–water partition coefficient (Wildman–Crippen LogP) is 2.32. The zero-order chi connectivity index (χ0) is 9.36. The fraction of sp³-hybridized carbons (Fsp3) is 0.0833. The van der Waals surface area contributed by atoms with Crippen molar-refractivity contribution in [3.8, 4) is 6.07 Å². The summed E-state index contributed by atoms with van der Waals surface area (Å²) in [6, 6.07) is 2.07. The Morgan fingerprint density at radius 1 is 0.857 bits per heavy atom. The Morgan fingerprint density at radius 3 is 1.64 bits per heavy atom. The predicted molar refractivity (Wildman–Crippen MR) is 52.2 cm³/mol. The molecule has 0 aromatic heterocycles. The van der Waals surface area contributed by atoms with E-state index in [0.717, 1.165) is 5.92 Å². The van der Waals surface area contributed by atoms with E-state index in [0.29, 0.717) is 6.42 Å². The summed E-state index contributed by atoms with van der Waals surface area (Å²) in [6.07, 6.45) is 18.3. The molecule has 0 unspecified atom stereocenters. The van der Waals surface area contributed by atoms with Crippen molar-refractivity contribution in [3.05, 3.63) is 63.7 Å². The second-order valence-electron chi connectivity index (χ2n) is 2.59. The van der Waals surface area contributed by atoms with E-state index < -0.39 is 0 Å². The summed E-state index contributed by atoms with van der Waals surface area (Å²) in [4.78, 5) is 0. The van der Waals surface area contributed by atoms with Gasteiger partial charge in [0.05, 0.1) is 6.07 Å². The van der Waals surface area contributed by atoms with E-state index in [9.17, 15) is 0 Å². The standard InChI is InChI=1S/C7H6N.C5H5.Fe/c8-6-5-7-3-1-2-4-7;1-2-4-5-3-1;/h1-4H,5H2;1-5H;/q;;+2. The maximum atomic E-state index is 8.19. The van der Waals surface area contributed by atoms with Crippen molar-refractivity contribution in [2.75, 3.05) is 0 Å². The molecule has 2 aliphatic carbocycles. The van der Waals surface area contributed by atoms with Gasteiger partial charge in [0.1, 0.15) is 0 Å². The first-order valence-electron chi connectivity index (χ1n) is 4.17. The van der Waals surface area contributed by atoms with Gasteiger partial charge < -0.3 is 0 Å². The molecule has 0 N–H and O–H groups in total. The molecule has 14 heavy (non-hydrogen) atoms. The zero-order valence-corrected chi connectivity index (χ0v) is 8.81. The van der Waals surface area contributed by atoms with Crippen molar-refractivity contribution in [1.82, 2.24) is 0 Å². The third-order valence-electron chi connectivity index (χ3n) is 1.57. The van der Waals surface area contributed by atoms with Crippen LogP contribution in [0.3, 0.4) is 0 Å². The molecule has 2 heteroatoms. The van der Waals surface area contributed by atoms with Crippen LogP contribution in [0, 0.1) is 75.0 Å². The second kappa shape index (κ2) is 9.56. The summed E-state index contributed by atoms with van der Waals surface area (Å²) < 4.78 is 0. The molecular weight excluding hydrogens is 214 g/mol. The van der Waals surface area contributed by atoms with Gasteiger partial charge in [0.2, 0.25) is 0 Å². The fourth-order valence-electron chi connectivity index (χ4n) is 0.944. The van der Waals surface area contributed by atoms with Crippen LogP contribution in [0.15, 0.2) is 0 Å². The smallest absolute Gasteiger partial charge is 0.198 e. The van der Waals surface area contributed by atoms with Gasteiger partial charge in [-0.1, -0.05) is 0 Å². The van der Waals surface area contributed by atoms with Crippen molar-refractivity contribution in [3.63, 3.8) is 0 Å². The zero-order valence-electron chi connectivity index (χ0n) is 7.70. The van der Waals surface area contributed by atoms with E-state index in [1.165, 1.54) is 0 Å². The van der Waals surface area contributed by atoms with Crippen LogP contribution in [0.5, 0.6) is 0 Å². The van der Waals surface area contributed by atoms with Crippen LogP contribution in [0.2, 0.25) is 0 Å². The summed E-state index contributed by atoms with van der Waals surface area (Å²) in [7, 11) is 0. The average Bonchev–Trinajstić information content (AvgIpc) is 2.79. The van der Waals surface area contributed by atoms with Crippen LogP contribution >= 0.6 is 0 Å². The van der Waals surface area contributed by atoms with Crippen LogP contribution in [0.25, 0.3) is 0 Å². The minimum atomic E-state index is 0. The van der Waals surface area contributed by atoms with Gasteiger partial charge in [0, 0.05) is 6.42 Å². The number of hydrogen-bond acceptors (Lipinski definition) is 1. The molecule has 0 amide bonds. The Labute approximate surface area is 98.7 Å². The van der Waals surface area contributed by atoms with Gasteiger partial charge in [-0.05, 0) is 63.7 Å². The van der Waals surface area contributed by atoms with Crippen molar-refractivity contribution in [2.45, 2.75) is 6.42 Å². The van der Waals surface area contributed by atoms with Gasteiger partial charge in [0.15, 0.2) is 0 Å². The third kappa shape index (κ3) is 6.46. The van der Waals surface area contributed by atoms with Crippen LogP contribution in [0.1, 0.15) is 6.42 Å². The first-order valence-corrected chi connectivity index (χ1v) is 4.17. The molecule has 0 atom stereocenters. The molecule has 2 rings (SSSR count). The molecule has 0 bridgehead atoms. The number of nitrogens with zero attached hydrogens (tertiary/aromatic N) is 1. The summed E-state index contributed by atoms with van der Waals surface area (Å²) in [6.45, 7) is 0. The van der Waals surface area contributed by atoms with E-state index in [1.54, 1.807) is 0 Å². The Balaban J connectivity index is 0.000000246. The quantitative estimate of drug-likeness (QED) is 0.628. The summed E-state index contributed by atoms with van der Waals surface area (Å²) in [5.41, 5.74) is 0. The van der Waals surface area contributed by atoms with Crippen molar-refractivity contribution >= 4 is 0 Å². The Bertz CT molecular complexity index is 145. The van der Waals surface area contributed by atoms with Gasteiger partial charge in [-0.3, -0.25) is 0 Å². The summed E-state index contributed by atoms with van der Waals surface area (Å²) >= 11 is 0. The minimum absolute atomic E-state index is 0. The average molecular weight is 225 g/mol. The topological polar surface area (TPSA) is 23.8 Å². The molecule has 10 radical (unpaired) electrons. The molecule has 0 heterocycles. The molecule has 1 nitrogen and oxygen atoms in total. The SMILES string of the molecule is N#CC[C]1[CH][CH][CH][CH]1.[CH]1[CH][CH][CH][CH]1.[Fe+2]. The van der Waals surface area contributed by atoms with Gasteiger partial charge in [-0.15, -0.1) is 0 Å². The molecule has 0 saturated heterocycles. The molecule has 2 aliphatic rings. The van der Waals surface area contributed by atoms with E-state index in [1.807, 2.05) is 57.8 Å². The second-order valence-corrected chi connectivity index (χ2v) is 2.59. The number of rotatable bonds is 1. The Morgan fingerprint density at radius 2 is 1.29 bits per heavy atom. The third-order valence-corrected chi connectivity index (χ3v) is 1.57. The van der Waals surface area contributed by atoms with Gasteiger partial charge >= 0.3 is 17.1 Å².